The van der Waals surface area contributed by atoms with Crippen LogP contribution in [-0.4, -0.2) is 68.3 Å². The zero-order valence-electron chi connectivity index (χ0n) is 17.9. The van der Waals surface area contributed by atoms with Crippen molar-refractivity contribution >= 4 is 33.3 Å². The van der Waals surface area contributed by atoms with Crippen LogP contribution < -0.4 is 4.90 Å². The summed E-state index contributed by atoms with van der Waals surface area (Å²) in [5, 5.41) is 0. The van der Waals surface area contributed by atoms with Crippen molar-refractivity contribution in [3.05, 3.63) is 29.8 Å². The Hall–Kier alpha value is -2.42. The first-order valence-corrected chi connectivity index (χ1v) is 12.7. The highest BCUT2D eigenvalue weighted by atomic mass is 32.2. The zero-order chi connectivity index (χ0) is 22.4. The lowest BCUT2D eigenvalue weighted by atomic mass is 10.1. The quantitative estimate of drug-likeness (QED) is 0.563. The number of piperidine rings is 1. The SMILES string of the molecule is CCCCN(C(=O)COC(=O)c1ccc(N2CCCCC2=O)cc1)C1CCS(=O)(=O)C1. The first-order chi connectivity index (χ1) is 14.8. The van der Waals surface area contributed by atoms with E-state index in [0.29, 0.717) is 31.5 Å². The van der Waals surface area contributed by atoms with E-state index >= 15 is 0 Å². The molecule has 2 aliphatic heterocycles. The van der Waals surface area contributed by atoms with Crippen molar-refractivity contribution < 1.29 is 27.5 Å². The molecule has 31 heavy (non-hydrogen) atoms. The zero-order valence-corrected chi connectivity index (χ0v) is 18.7. The van der Waals surface area contributed by atoms with E-state index in [4.69, 9.17) is 4.74 Å². The van der Waals surface area contributed by atoms with Gasteiger partial charge in [-0.2, -0.15) is 0 Å². The molecule has 2 aliphatic rings. The summed E-state index contributed by atoms with van der Waals surface area (Å²) >= 11 is 0. The Bertz CT molecular complexity index is 912. The molecule has 1 atom stereocenters. The summed E-state index contributed by atoms with van der Waals surface area (Å²) in [6, 6.07) is 6.23. The molecule has 8 nitrogen and oxygen atoms in total. The molecule has 2 saturated heterocycles. The number of rotatable bonds is 8. The molecular formula is C22H30N2O6S. The van der Waals surface area contributed by atoms with Crippen LogP contribution >= 0.6 is 0 Å². The molecule has 2 amide bonds. The molecule has 170 valence electrons. The molecule has 2 fully saturated rings. The summed E-state index contributed by atoms with van der Waals surface area (Å²) in [6.07, 6.45) is 4.43. The number of anilines is 1. The maximum Gasteiger partial charge on any atom is 0.338 e. The number of amides is 2. The van der Waals surface area contributed by atoms with Gasteiger partial charge in [0, 0.05) is 31.2 Å². The van der Waals surface area contributed by atoms with Crippen molar-refractivity contribution in [1.82, 2.24) is 4.90 Å². The van der Waals surface area contributed by atoms with Gasteiger partial charge in [0.1, 0.15) is 0 Å². The monoisotopic (exact) mass is 450 g/mol. The fourth-order valence-electron chi connectivity index (χ4n) is 4.01. The van der Waals surface area contributed by atoms with E-state index < -0.39 is 22.4 Å². The summed E-state index contributed by atoms with van der Waals surface area (Å²) < 4.78 is 28.8. The Labute approximate surface area is 183 Å². The smallest absolute Gasteiger partial charge is 0.338 e. The van der Waals surface area contributed by atoms with Gasteiger partial charge in [-0.15, -0.1) is 0 Å². The summed E-state index contributed by atoms with van der Waals surface area (Å²) in [5.41, 5.74) is 1.04. The maximum atomic E-state index is 12.7. The number of carbonyl (C=O) groups is 3. The van der Waals surface area contributed by atoms with Crippen LogP contribution in [-0.2, 0) is 24.2 Å². The minimum Gasteiger partial charge on any atom is -0.452 e. The number of carbonyl (C=O) groups excluding carboxylic acids is 3. The number of hydrogen-bond acceptors (Lipinski definition) is 6. The number of nitrogens with zero attached hydrogens (tertiary/aromatic N) is 2. The van der Waals surface area contributed by atoms with Crippen LogP contribution in [0.25, 0.3) is 0 Å². The Morgan fingerprint density at radius 2 is 1.94 bits per heavy atom. The molecule has 0 spiro atoms. The first-order valence-electron chi connectivity index (χ1n) is 10.9. The molecule has 0 saturated carbocycles. The minimum atomic E-state index is -3.12. The van der Waals surface area contributed by atoms with E-state index in [-0.39, 0.29) is 29.4 Å². The molecule has 2 heterocycles. The molecule has 3 rings (SSSR count). The lowest BCUT2D eigenvalue weighted by Gasteiger charge is -2.28. The fourth-order valence-corrected chi connectivity index (χ4v) is 5.74. The van der Waals surface area contributed by atoms with Crippen LogP contribution in [0, 0.1) is 0 Å². The lowest BCUT2D eigenvalue weighted by Crippen LogP contribution is -2.43. The first kappa shape index (κ1) is 23.2. The van der Waals surface area contributed by atoms with E-state index in [1.807, 2.05) is 6.92 Å². The standard InChI is InChI=1S/C22H30N2O6S/c1-2-3-12-24(19-11-14-31(28,29)16-19)21(26)15-30-22(27)17-7-9-18(10-8-17)23-13-5-4-6-20(23)25/h7-10,19H,2-6,11-16H2,1H3. The Morgan fingerprint density at radius 3 is 2.55 bits per heavy atom. The Balaban J connectivity index is 1.58. The van der Waals surface area contributed by atoms with Crippen molar-refractivity contribution in [2.45, 2.75) is 51.5 Å². The third-order valence-electron chi connectivity index (χ3n) is 5.79. The molecule has 1 aromatic carbocycles. The van der Waals surface area contributed by atoms with Gasteiger partial charge in [0.15, 0.2) is 16.4 Å². The second-order valence-corrected chi connectivity index (χ2v) is 10.4. The number of sulfone groups is 1. The number of esters is 1. The minimum absolute atomic E-state index is 0.0346. The maximum absolute atomic E-state index is 12.7. The van der Waals surface area contributed by atoms with E-state index in [9.17, 15) is 22.8 Å². The van der Waals surface area contributed by atoms with E-state index in [2.05, 4.69) is 0 Å². The molecule has 0 aliphatic carbocycles. The molecule has 0 N–H and O–H groups in total. The highest BCUT2D eigenvalue weighted by Gasteiger charge is 2.34. The van der Waals surface area contributed by atoms with Gasteiger partial charge in [0.05, 0.1) is 17.1 Å². The van der Waals surface area contributed by atoms with Gasteiger partial charge in [-0.3, -0.25) is 9.59 Å². The van der Waals surface area contributed by atoms with Gasteiger partial charge >= 0.3 is 5.97 Å². The molecule has 1 aromatic rings. The summed E-state index contributed by atoms with van der Waals surface area (Å²) in [5.74, 6) is -0.876. The Kier molecular flexibility index (Phi) is 7.69. The van der Waals surface area contributed by atoms with Gasteiger partial charge in [-0.1, -0.05) is 13.3 Å². The van der Waals surface area contributed by atoms with Crippen molar-refractivity contribution in [2.75, 3.05) is 36.1 Å². The number of benzene rings is 1. The second kappa shape index (κ2) is 10.3. The van der Waals surface area contributed by atoms with Crippen LogP contribution in [0.4, 0.5) is 5.69 Å². The molecule has 1 unspecified atom stereocenters. The van der Waals surface area contributed by atoms with Crippen LogP contribution in [0.1, 0.15) is 55.8 Å². The van der Waals surface area contributed by atoms with E-state index in [1.165, 1.54) is 0 Å². The highest BCUT2D eigenvalue weighted by Crippen LogP contribution is 2.22. The normalized spacial score (nSPS) is 20.5. The average Bonchev–Trinajstić information content (AvgIpc) is 3.12. The van der Waals surface area contributed by atoms with Crippen molar-refractivity contribution in [3.63, 3.8) is 0 Å². The third-order valence-corrected chi connectivity index (χ3v) is 7.54. The largest absolute Gasteiger partial charge is 0.452 e. The molecule has 0 aromatic heterocycles. The van der Waals surface area contributed by atoms with Crippen LogP contribution in [0.2, 0.25) is 0 Å². The van der Waals surface area contributed by atoms with Gasteiger partial charge in [0.25, 0.3) is 5.91 Å². The second-order valence-electron chi connectivity index (χ2n) is 8.12. The molecule has 0 radical (unpaired) electrons. The summed E-state index contributed by atoms with van der Waals surface area (Å²) in [6.45, 7) is 2.69. The molecule has 9 heteroatoms. The van der Waals surface area contributed by atoms with Gasteiger partial charge in [-0.25, -0.2) is 13.2 Å². The predicted octanol–water partition coefficient (Wildman–Crippen LogP) is 2.18. The summed E-state index contributed by atoms with van der Waals surface area (Å²) in [7, 11) is -3.12. The van der Waals surface area contributed by atoms with Crippen molar-refractivity contribution in [2.24, 2.45) is 0 Å². The van der Waals surface area contributed by atoms with Gasteiger partial charge < -0.3 is 14.5 Å². The van der Waals surface area contributed by atoms with Crippen LogP contribution in [0.3, 0.4) is 0 Å². The van der Waals surface area contributed by atoms with Gasteiger partial charge in [0.2, 0.25) is 5.91 Å². The van der Waals surface area contributed by atoms with Crippen LogP contribution in [0.5, 0.6) is 0 Å². The van der Waals surface area contributed by atoms with Crippen LogP contribution in [0.15, 0.2) is 24.3 Å². The molecular weight excluding hydrogens is 420 g/mol. The lowest BCUT2D eigenvalue weighted by molar-refractivity contribution is -0.136. The van der Waals surface area contributed by atoms with E-state index in [0.717, 1.165) is 31.4 Å². The van der Waals surface area contributed by atoms with Crippen molar-refractivity contribution in [1.29, 1.82) is 0 Å². The van der Waals surface area contributed by atoms with Crippen molar-refractivity contribution in [3.8, 4) is 0 Å². The summed E-state index contributed by atoms with van der Waals surface area (Å²) in [4.78, 5) is 40.4. The number of hydrogen-bond donors (Lipinski definition) is 0. The number of unbranched alkanes of at least 4 members (excludes halogenated alkanes) is 1. The van der Waals surface area contributed by atoms with E-state index in [1.54, 1.807) is 34.1 Å². The Morgan fingerprint density at radius 1 is 1.19 bits per heavy atom. The average molecular weight is 451 g/mol. The fraction of sp³-hybridized carbons (Fsp3) is 0.591. The molecule has 0 bridgehead atoms. The predicted molar refractivity (Wildman–Crippen MR) is 117 cm³/mol. The third kappa shape index (κ3) is 6.06. The topological polar surface area (TPSA) is 101 Å². The highest BCUT2D eigenvalue weighted by molar-refractivity contribution is 7.91. The van der Waals surface area contributed by atoms with Gasteiger partial charge in [-0.05, 0) is 49.9 Å². The number of ether oxygens (including phenoxy) is 1.